The van der Waals surface area contributed by atoms with Crippen molar-refractivity contribution in [1.82, 2.24) is 25.4 Å². The molecule has 6 N–H and O–H groups in total. The molecule has 0 fully saturated rings. The van der Waals surface area contributed by atoms with E-state index in [1.54, 1.807) is 33.0 Å². The number of benzene rings is 2. The molecule has 0 unspecified atom stereocenters. The molecule has 20 heteroatoms. The maximum Gasteiger partial charge on any atom is 0.407 e. The van der Waals surface area contributed by atoms with E-state index in [-0.39, 0.29) is 57.6 Å². The van der Waals surface area contributed by atoms with Crippen molar-refractivity contribution in [3.63, 3.8) is 0 Å². The Hall–Kier alpha value is -5.05. The van der Waals surface area contributed by atoms with Crippen LogP contribution in [0, 0.1) is 17.0 Å². The number of carbonyl (C=O) groups excluding carboxylic acids is 5. The summed E-state index contributed by atoms with van der Waals surface area (Å²) < 4.78 is 68.1. The highest BCUT2D eigenvalue weighted by atomic mass is 32.3. The summed E-state index contributed by atoms with van der Waals surface area (Å²) in [6.07, 6.45) is 6.55. The molecule has 67 heavy (non-hydrogen) atoms. The highest BCUT2D eigenvalue weighted by molar-refractivity contribution is 8.32. The number of ether oxygens (including phenoxy) is 2. The van der Waals surface area contributed by atoms with E-state index < -0.39 is 109 Å². The Balaban J connectivity index is 1.85. The first-order chi connectivity index (χ1) is 31.1. The Labute approximate surface area is 395 Å². The molecule has 1 heterocycles. The largest absolute Gasteiger partial charge is 0.460 e. The quantitative estimate of drug-likeness (QED) is 0.0776. The van der Waals surface area contributed by atoms with Crippen molar-refractivity contribution < 1.29 is 55.8 Å². The Morgan fingerprint density at radius 3 is 2.07 bits per heavy atom. The maximum absolute atomic E-state index is 15.2. The van der Waals surface area contributed by atoms with Crippen molar-refractivity contribution in [2.75, 3.05) is 68.9 Å². The second kappa shape index (κ2) is 24.8. The van der Waals surface area contributed by atoms with E-state index in [1.165, 1.54) is 4.90 Å². The van der Waals surface area contributed by atoms with Gasteiger partial charge < -0.3 is 45.7 Å². The average Bonchev–Trinajstić information content (AvgIpc) is 3.61. The molecule has 4 amide bonds. The molecule has 374 valence electrons. The van der Waals surface area contributed by atoms with Gasteiger partial charge >= 0.3 is 12.1 Å². The lowest BCUT2D eigenvalue weighted by molar-refractivity contribution is -0.155. The van der Waals surface area contributed by atoms with Crippen LogP contribution in [0.3, 0.4) is 0 Å². The van der Waals surface area contributed by atoms with Gasteiger partial charge in [-0.15, -0.1) is 0 Å². The van der Waals surface area contributed by atoms with E-state index in [2.05, 4.69) is 16.0 Å². The zero-order valence-corrected chi connectivity index (χ0v) is 41.8. The number of nitrogens with two attached hydrogens (primary N) is 1. The van der Waals surface area contributed by atoms with Gasteiger partial charge in [0.1, 0.15) is 36.5 Å². The zero-order valence-electron chi connectivity index (χ0n) is 40.2. The molecule has 0 aliphatic rings. The van der Waals surface area contributed by atoms with Gasteiger partial charge in [-0.05, 0) is 87.6 Å². The van der Waals surface area contributed by atoms with Crippen LogP contribution < -0.4 is 21.7 Å². The lowest BCUT2D eigenvalue weighted by atomic mass is 9.82. The zero-order chi connectivity index (χ0) is 50.3. The van der Waals surface area contributed by atoms with Crippen LogP contribution in [0.5, 0.6) is 0 Å². The first-order valence-electron chi connectivity index (χ1n) is 22.0. The number of sulfone groups is 1. The van der Waals surface area contributed by atoms with Gasteiger partial charge in [0.15, 0.2) is 9.84 Å². The van der Waals surface area contributed by atoms with Crippen LogP contribution in [0.2, 0.25) is 0 Å². The van der Waals surface area contributed by atoms with Crippen molar-refractivity contribution in [3.05, 3.63) is 83.7 Å². The number of halogens is 2. The summed E-state index contributed by atoms with van der Waals surface area (Å²) in [6.45, 7) is 9.26. The van der Waals surface area contributed by atoms with E-state index in [1.807, 2.05) is 74.4 Å². The maximum atomic E-state index is 15.2. The van der Waals surface area contributed by atoms with E-state index in [0.717, 1.165) is 23.8 Å². The summed E-state index contributed by atoms with van der Waals surface area (Å²) in [6, 6.07) is 10.9. The normalized spacial score (nSPS) is 13.7. The van der Waals surface area contributed by atoms with Crippen molar-refractivity contribution in [2.24, 2.45) is 11.1 Å². The second-order valence-corrected chi connectivity index (χ2v) is 26.2. The summed E-state index contributed by atoms with van der Waals surface area (Å²) in [4.78, 5) is 66.7. The number of amides is 4. The molecule has 0 spiro atoms. The molecule has 3 atom stereocenters. The fourth-order valence-electron chi connectivity index (χ4n) is 7.02. The third-order valence-electron chi connectivity index (χ3n) is 10.3. The van der Waals surface area contributed by atoms with Gasteiger partial charge in [-0.25, -0.2) is 32.0 Å². The smallest absolute Gasteiger partial charge is 0.407 e. The first kappa shape index (κ1) is 56.3. The van der Waals surface area contributed by atoms with Gasteiger partial charge in [-0.2, -0.15) is 0 Å². The van der Waals surface area contributed by atoms with Crippen LogP contribution in [-0.4, -0.2) is 139 Å². The minimum Gasteiger partial charge on any atom is -0.460 e. The highest BCUT2D eigenvalue weighted by Crippen LogP contribution is 2.41. The lowest BCUT2D eigenvalue weighted by Crippen LogP contribution is -2.51. The van der Waals surface area contributed by atoms with E-state index in [4.69, 9.17) is 15.2 Å². The molecule has 0 saturated carbocycles. The molecule has 3 rings (SSSR count). The molecule has 1 aromatic heterocycles. The summed E-state index contributed by atoms with van der Waals surface area (Å²) in [5.74, 6) is -4.41. The number of aliphatic hydroxyl groups is 1. The summed E-state index contributed by atoms with van der Waals surface area (Å²) in [7, 11) is -4.89. The predicted octanol–water partition coefficient (Wildman–Crippen LogP) is 4.67. The van der Waals surface area contributed by atoms with Gasteiger partial charge in [0, 0.05) is 61.4 Å². The van der Waals surface area contributed by atoms with Crippen molar-refractivity contribution >= 4 is 49.6 Å². The molecule has 0 bridgehead atoms. The summed E-state index contributed by atoms with van der Waals surface area (Å²) in [5, 5.41) is 17.9. The SMILES string of the molecule is CC(C)(C)OC(=O)CC[C@@H](N)C(=O)NCCS(=O)(=O)CCNC(=O)[C@H](CCN(C(=O)CO)[C@@H](c1cc(-c2cc(F)ccc2F)cn1Cc1ccccc1)C(C)(C)C)NC(=O)OCCS(C)(C)C. The minimum absolute atomic E-state index is 0.00336. The van der Waals surface area contributed by atoms with E-state index in [9.17, 15) is 41.9 Å². The second-order valence-electron chi connectivity index (χ2n) is 19.3. The Morgan fingerprint density at radius 1 is 0.866 bits per heavy atom. The average molecular weight is 981 g/mol. The summed E-state index contributed by atoms with van der Waals surface area (Å²) >= 11 is 0. The molecule has 3 aromatic rings. The number of rotatable bonds is 24. The van der Waals surface area contributed by atoms with Crippen LogP contribution in [0.25, 0.3) is 11.1 Å². The molecule has 2 aromatic carbocycles. The first-order valence-corrected chi connectivity index (χ1v) is 26.9. The van der Waals surface area contributed by atoms with Crippen LogP contribution in [0.1, 0.15) is 78.1 Å². The van der Waals surface area contributed by atoms with Gasteiger partial charge in [0.05, 0.1) is 23.6 Å². The molecular weight excluding hydrogens is 911 g/mol. The lowest BCUT2D eigenvalue weighted by Gasteiger charge is -2.41. The minimum atomic E-state index is -3.85. The molecule has 0 radical (unpaired) electrons. The van der Waals surface area contributed by atoms with Crippen molar-refractivity contribution in [3.8, 4) is 11.1 Å². The van der Waals surface area contributed by atoms with Crippen molar-refractivity contribution in [2.45, 2.75) is 91.1 Å². The molecule has 0 saturated heterocycles. The highest BCUT2D eigenvalue weighted by Gasteiger charge is 2.38. The van der Waals surface area contributed by atoms with Gasteiger partial charge in [-0.1, -0.05) is 51.1 Å². The standard InChI is InChI=1S/C47H70F2N6O10S2/c1-46(2,3)42(39-27-33(35-28-34(48)15-16-36(35)49)30-54(39)29-32-13-11-10-12-14-32)55(40(57)31-56)22-19-38(53-45(61)64-23-26-66(7,8)9)44(60)52-21-25-67(62,63)24-20-51-43(59)37(50)17-18-41(58)65-47(4,5)6/h10-16,27-28,30,37-38,42,56H,17-26,29,31,50H2,1-9H3,(H,51,59)(H,52,60)(H,53,61)/t37-,38+,42+/m1/s1. The third kappa shape index (κ3) is 19.6. The molecule has 0 aliphatic heterocycles. The van der Waals surface area contributed by atoms with Gasteiger partial charge in [0.25, 0.3) is 0 Å². The van der Waals surface area contributed by atoms with Crippen molar-refractivity contribution in [1.29, 1.82) is 0 Å². The number of carbonyl (C=O) groups is 5. The number of aromatic nitrogens is 1. The molecule has 16 nitrogen and oxygen atoms in total. The number of esters is 1. The van der Waals surface area contributed by atoms with E-state index in [0.29, 0.717) is 17.0 Å². The van der Waals surface area contributed by atoms with Gasteiger partial charge in [0.2, 0.25) is 17.7 Å². The fourth-order valence-corrected chi connectivity index (χ4v) is 8.63. The van der Waals surface area contributed by atoms with Gasteiger partial charge in [-0.3, -0.25) is 19.2 Å². The number of alkyl carbamates (subject to hydrolysis) is 1. The Bertz CT molecular complexity index is 2260. The summed E-state index contributed by atoms with van der Waals surface area (Å²) in [5.41, 5.74) is 6.12. The van der Waals surface area contributed by atoms with Crippen LogP contribution in [0.15, 0.2) is 60.8 Å². The monoisotopic (exact) mass is 980 g/mol. The van der Waals surface area contributed by atoms with Crippen LogP contribution >= 0.6 is 10.0 Å². The number of hydrogen-bond acceptors (Lipinski definition) is 11. The van der Waals surface area contributed by atoms with Crippen LogP contribution in [0.4, 0.5) is 13.6 Å². The van der Waals surface area contributed by atoms with Crippen LogP contribution in [-0.2, 0) is 45.0 Å². The molecular formula is C47H70F2N6O10S2. The number of nitrogens with zero attached hydrogens (tertiary/aromatic N) is 2. The number of aliphatic hydroxyl groups excluding tert-OH is 1. The number of hydrogen-bond donors (Lipinski definition) is 5. The third-order valence-corrected chi connectivity index (χ3v) is 13.3. The number of nitrogens with one attached hydrogen (secondary N) is 3. The van der Waals surface area contributed by atoms with E-state index >= 15 is 4.39 Å². The molecule has 0 aliphatic carbocycles. The Kier molecular flexibility index (Phi) is 20.8. The Morgan fingerprint density at radius 2 is 1.49 bits per heavy atom. The fraction of sp³-hybridized carbons (Fsp3) is 0.553. The topological polar surface area (TPSA) is 228 Å². The predicted molar refractivity (Wildman–Crippen MR) is 257 cm³/mol.